The number of methoxy groups -OCH3 is 3. The third-order valence-corrected chi connectivity index (χ3v) is 3.40. The van der Waals surface area contributed by atoms with Crippen LogP contribution in [0.15, 0.2) is 30.3 Å². The van der Waals surface area contributed by atoms with Gasteiger partial charge in [0.25, 0.3) is 5.91 Å². The molecule has 0 aliphatic carbocycles. The van der Waals surface area contributed by atoms with Crippen LogP contribution in [0.2, 0.25) is 0 Å². The molecular weight excluding hydrogens is 320 g/mol. The van der Waals surface area contributed by atoms with Crippen molar-refractivity contribution in [2.24, 2.45) is 0 Å². The Morgan fingerprint density at radius 2 is 1.58 bits per heavy atom. The number of benzene rings is 2. The summed E-state index contributed by atoms with van der Waals surface area (Å²) in [6, 6.07) is 6.05. The minimum atomic E-state index is -0.924. The van der Waals surface area contributed by atoms with E-state index in [9.17, 15) is 13.6 Å². The molecule has 1 amide bonds. The van der Waals surface area contributed by atoms with Crippen LogP contribution in [-0.2, 0) is 6.54 Å². The third kappa shape index (κ3) is 3.73. The Bertz CT molecular complexity index is 750. The van der Waals surface area contributed by atoms with Gasteiger partial charge in [-0.2, -0.15) is 0 Å². The first-order valence-electron chi connectivity index (χ1n) is 7.02. The summed E-state index contributed by atoms with van der Waals surface area (Å²) in [6.45, 7) is 0.0686. The number of rotatable bonds is 6. The molecule has 128 valence electrons. The minimum absolute atomic E-state index is 0.0686. The number of hydrogen-bond donors (Lipinski definition) is 1. The zero-order chi connectivity index (χ0) is 17.7. The van der Waals surface area contributed by atoms with Crippen LogP contribution < -0.4 is 19.5 Å². The van der Waals surface area contributed by atoms with Gasteiger partial charge in [0, 0.05) is 24.2 Å². The topological polar surface area (TPSA) is 56.8 Å². The van der Waals surface area contributed by atoms with E-state index < -0.39 is 17.5 Å². The molecule has 0 saturated heterocycles. The lowest BCUT2D eigenvalue weighted by Crippen LogP contribution is -2.24. The first-order chi connectivity index (χ1) is 11.5. The lowest BCUT2D eigenvalue weighted by atomic mass is 10.1. The van der Waals surface area contributed by atoms with E-state index in [1.54, 1.807) is 12.1 Å². The molecule has 0 unspecified atom stereocenters. The van der Waals surface area contributed by atoms with Crippen LogP contribution in [0.3, 0.4) is 0 Å². The molecule has 0 heterocycles. The SMILES string of the molecule is COc1cc(OC)c(OC)cc1CNC(=O)c1ccc(F)cc1F. The number of hydrogen-bond acceptors (Lipinski definition) is 4. The van der Waals surface area contributed by atoms with E-state index in [4.69, 9.17) is 14.2 Å². The summed E-state index contributed by atoms with van der Waals surface area (Å²) in [4.78, 5) is 12.1. The lowest BCUT2D eigenvalue weighted by molar-refractivity contribution is 0.0946. The van der Waals surface area contributed by atoms with Crippen LogP contribution in [0, 0.1) is 11.6 Å². The van der Waals surface area contributed by atoms with Gasteiger partial charge >= 0.3 is 0 Å². The molecule has 7 heteroatoms. The molecule has 0 aromatic heterocycles. The van der Waals surface area contributed by atoms with Crippen molar-refractivity contribution in [3.8, 4) is 17.2 Å². The highest BCUT2D eigenvalue weighted by atomic mass is 19.1. The number of ether oxygens (including phenoxy) is 3. The number of halogens is 2. The first kappa shape index (κ1) is 17.5. The largest absolute Gasteiger partial charge is 0.496 e. The highest BCUT2D eigenvalue weighted by molar-refractivity contribution is 5.94. The van der Waals surface area contributed by atoms with Gasteiger partial charge in [0.1, 0.15) is 17.4 Å². The standard InChI is InChI=1S/C17H17F2NO4/c1-22-14-8-16(24-3)15(23-2)6-10(14)9-20-17(21)12-5-4-11(18)7-13(12)19/h4-8H,9H2,1-3H3,(H,20,21). The van der Waals surface area contributed by atoms with Crippen LogP contribution >= 0.6 is 0 Å². The maximum atomic E-state index is 13.6. The Morgan fingerprint density at radius 1 is 0.958 bits per heavy atom. The van der Waals surface area contributed by atoms with Crippen molar-refractivity contribution in [1.82, 2.24) is 5.32 Å². The highest BCUT2D eigenvalue weighted by Gasteiger charge is 2.15. The Kier molecular flexibility index (Phi) is 5.57. The van der Waals surface area contributed by atoms with Crippen molar-refractivity contribution in [3.05, 3.63) is 53.1 Å². The monoisotopic (exact) mass is 337 g/mol. The fraction of sp³-hybridized carbons (Fsp3) is 0.235. The second-order valence-electron chi connectivity index (χ2n) is 4.83. The van der Waals surface area contributed by atoms with Crippen molar-refractivity contribution in [1.29, 1.82) is 0 Å². The minimum Gasteiger partial charge on any atom is -0.496 e. The van der Waals surface area contributed by atoms with E-state index in [0.29, 0.717) is 28.9 Å². The van der Waals surface area contributed by atoms with E-state index in [-0.39, 0.29) is 12.1 Å². The van der Waals surface area contributed by atoms with E-state index in [1.807, 2.05) is 0 Å². The van der Waals surface area contributed by atoms with E-state index >= 15 is 0 Å². The predicted octanol–water partition coefficient (Wildman–Crippen LogP) is 2.92. The number of amides is 1. The van der Waals surface area contributed by atoms with Crippen LogP contribution in [0.5, 0.6) is 17.2 Å². The lowest BCUT2D eigenvalue weighted by Gasteiger charge is -2.14. The van der Waals surface area contributed by atoms with Crippen LogP contribution in [0.25, 0.3) is 0 Å². The van der Waals surface area contributed by atoms with Gasteiger partial charge in [0.05, 0.1) is 26.9 Å². The van der Waals surface area contributed by atoms with Gasteiger partial charge < -0.3 is 19.5 Å². The molecule has 0 spiro atoms. The van der Waals surface area contributed by atoms with E-state index in [1.165, 1.54) is 21.3 Å². The molecule has 0 atom stereocenters. The van der Waals surface area contributed by atoms with Crippen LogP contribution in [0.4, 0.5) is 8.78 Å². The van der Waals surface area contributed by atoms with E-state index in [0.717, 1.165) is 12.1 Å². The second-order valence-corrected chi connectivity index (χ2v) is 4.83. The summed E-state index contributed by atoms with van der Waals surface area (Å²) in [5, 5.41) is 2.56. The molecule has 2 aromatic rings. The Balaban J connectivity index is 2.20. The molecule has 0 aliphatic rings. The molecular formula is C17H17F2NO4. The quantitative estimate of drug-likeness (QED) is 0.881. The van der Waals surface area contributed by atoms with Crippen molar-refractivity contribution in [3.63, 3.8) is 0 Å². The molecule has 5 nitrogen and oxygen atoms in total. The zero-order valence-corrected chi connectivity index (χ0v) is 13.5. The maximum Gasteiger partial charge on any atom is 0.254 e. The van der Waals surface area contributed by atoms with Gasteiger partial charge in [-0.15, -0.1) is 0 Å². The summed E-state index contributed by atoms with van der Waals surface area (Å²) >= 11 is 0. The van der Waals surface area contributed by atoms with Gasteiger partial charge in [-0.3, -0.25) is 4.79 Å². The summed E-state index contributed by atoms with van der Waals surface area (Å²) in [7, 11) is 4.46. The number of carbonyl (C=O) groups is 1. The van der Waals surface area contributed by atoms with Crippen molar-refractivity contribution in [2.75, 3.05) is 21.3 Å². The van der Waals surface area contributed by atoms with Gasteiger partial charge in [-0.25, -0.2) is 8.78 Å². The molecule has 0 aliphatic heterocycles. The summed E-state index contributed by atoms with van der Waals surface area (Å²) < 4.78 is 42.2. The van der Waals surface area contributed by atoms with Crippen LogP contribution in [-0.4, -0.2) is 27.2 Å². The molecule has 0 fully saturated rings. The van der Waals surface area contributed by atoms with Crippen molar-refractivity contribution >= 4 is 5.91 Å². The Labute approximate surface area is 138 Å². The predicted molar refractivity (Wildman–Crippen MR) is 83.6 cm³/mol. The summed E-state index contributed by atoms with van der Waals surface area (Å²) in [6.07, 6.45) is 0. The van der Waals surface area contributed by atoms with E-state index in [2.05, 4.69) is 5.32 Å². The average Bonchev–Trinajstić information content (AvgIpc) is 2.58. The van der Waals surface area contributed by atoms with Gasteiger partial charge in [0.15, 0.2) is 11.5 Å². The fourth-order valence-electron chi connectivity index (χ4n) is 2.17. The third-order valence-electron chi connectivity index (χ3n) is 3.40. The molecule has 2 aromatic carbocycles. The van der Waals surface area contributed by atoms with Gasteiger partial charge in [-0.05, 0) is 18.2 Å². The first-order valence-corrected chi connectivity index (χ1v) is 7.02. The molecule has 0 radical (unpaired) electrons. The Hall–Kier alpha value is -2.83. The Morgan fingerprint density at radius 3 is 2.17 bits per heavy atom. The normalized spacial score (nSPS) is 10.2. The smallest absolute Gasteiger partial charge is 0.254 e. The molecule has 0 saturated carbocycles. The molecule has 1 N–H and O–H groups in total. The average molecular weight is 337 g/mol. The summed E-state index contributed by atoms with van der Waals surface area (Å²) in [5.41, 5.74) is 0.377. The number of carbonyl (C=O) groups excluding carboxylic acids is 1. The zero-order valence-electron chi connectivity index (χ0n) is 13.5. The van der Waals surface area contributed by atoms with Gasteiger partial charge in [-0.1, -0.05) is 0 Å². The number of nitrogens with one attached hydrogen (secondary N) is 1. The van der Waals surface area contributed by atoms with Crippen molar-refractivity contribution < 1.29 is 27.8 Å². The summed E-state index contributed by atoms with van der Waals surface area (Å²) in [5.74, 6) is -0.904. The molecule has 24 heavy (non-hydrogen) atoms. The molecule has 2 rings (SSSR count). The van der Waals surface area contributed by atoms with Gasteiger partial charge in [0.2, 0.25) is 0 Å². The van der Waals surface area contributed by atoms with Crippen molar-refractivity contribution in [2.45, 2.75) is 6.54 Å². The van der Waals surface area contributed by atoms with Crippen LogP contribution in [0.1, 0.15) is 15.9 Å². The molecule has 0 bridgehead atoms. The highest BCUT2D eigenvalue weighted by Crippen LogP contribution is 2.34. The second kappa shape index (κ2) is 7.63. The maximum absolute atomic E-state index is 13.6. The fourth-order valence-corrected chi connectivity index (χ4v) is 2.17.